The minimum atomic E-state index is 0.923. The normalized spacial score (nSPS) is 10.7. The number of fused-ring (bicyclic) bond motifs is 1. The topological polar surface area (TPSA) is 12.9 Å². The van der Waals surface area contributed by atoms with E-state index in [0.717, 1.165) is 12.1 Å². The second-order valence-electron chi connectivity index (χ2n) is 4.19. The van der Waals surface area contributed by atoms with Crippen molar-refractivity contribution >= 4 is 21.4 Å². The lowest BCUT2D eigenvalue weighted by atomic mass is 10.1. The Labute approximate surface area is 110 Å². The summed E-state index contributed by atoms with van der Waals surface area (Å²) in [7, 11) is 0. The molecule has 1 aromatic carbocycles. The third kappa shape index (κ3) is 2.07. The predicted octanol–water partition coefficient (Wildman–Crippen LogP) is 4.69. The summed E-state index contributed by atoms with van der Waals surface area (Å²) in [6.45, 7) is 3.78. The molecule has 0 N–H and O–H groups in total. The first-order valence-corrected chi connectivity index (χ1v) is 6.73. The van der Waals surface area contributed by atoms with E-state index in [0.29, 0.717) is 0 Å². The van der Waals surface area contributed by atoms with E-state index in [1.165, 1.54) is 20.5 Å². The van der Waals surface area contributed by atoms with Gasteiger partial charge in [0, 0.05) is 10.9 Å². The molecule has 0 saturated heterocycles. The van der Waals surface area contributed by atoms with Crippen molar-refractivity contribution in [3.05, 3.63) is 66.9 Å². The van der Waals surface area contributed by atoms with Crippen molar-refractivity contribution in [2.45, 2.75) is 6.42 Å². The number of benzene rings is 1. The van der Waals surface area contributed by atoms with Crippen molar-refractivity contribution in [2.24, 2.45) is 0 Å². The van der Waals surface area contributed by atoms with E-state index in [4.69, 9.17) is 0 Å². The molecule has 1 nitrogen and oxygen atoms in total. The Kier molecular flexibility index (Phi) is 2.95. The fourth-order valence-corrected chi connectivity index (χ4v) is 3.11. The Hall–Kier alpha value is -1.93. The molecular weight excluding hydrogens is 238 g/mol. The van der Waals surface area contributed by atoms with Gasteiger partial charge in [0.05, 0.1) is 10.6 Å². The van der Waals surface area contributed by atoms with Gasteiger partial charge in [-0.2, -0.15) is 0 Å². The number of rotatable bonds is 3. The summed E-state index contributed by atoms with van der Waals surface area (Å²) in [5.41, 5.74) is 2.36. The zero-order valence-corrected chi connectivity index (χ0v) is 10.8. The summed E-state index contributed by atoms with van der Waals surface area (Å²) in [6, 6.07) is 14.8. The van der Waals surface area contributed by atoms with E-state index in [1.807, 2.05) is 24.4 Å². The Morgan fingerprint density at radius 1 is 1.17 bits per heavy atom. The summed E-state index contributed by atoms with van der Waals surface area (Å²) in [5.74, 6) is 0. The second kappa shape index (κ2) is 4.75. The lowest BCUT2D eigenvalue weighted by Gasteiger charge is -1.95. The minimum Gasteiger partial charge on any atom is -0.255 e. The smallest absolute Gasteiger partial charge is 0.0802 e. The van der Waals surface area contributed by atoms with Crippen LogP contribution in [0.25, 0.3) is 20.7 Å². The van der Waals surface area contributed by atoms with Gasteiger partial charge >= 0.3 is 0 Å². The standard InChI is InChI=1S/C16H13NS/c1-2-5-12-7-8-13-11-16(18-15(13)10-12)14-6-3-4-9-17-14/h2-4,6-11H,1,5H2. The van der Waals surface area contributed by atoms with Crippen LogP contribution in [0.4, 0.5) is 0 Å². The minimum absolute atomic E-state index is 0.923. The van der Waals surface area contributed by atoms with Gasteiger partial charge in [0.1, 0.15) is 0 Å². The Morgan fingerprint density at radius 3 is 2.89 bits per heavy atom. The van der Waals surface area contributed by atoms with Gasteiger partial charge in [0.15, 0.2) is 0 Å². The molecule has 2 heteroatoms. The maximum Gasteiger partial charge on any atom is 0.0802 e. The molecule has 0 aliphatic heterocycles. The quantitative estimate of drug-likeness (QED) is 0.615. The molecular formula is C16H13NS. The Morgan fingerprint density at radius 2 is 2.11 bits per heavy atom. The van der Waals surface area contributed by atoms with Crippen LogP contribution in [0.1, 0.15) is 5.56 Å². The third-order valence-electron chi connectivity index (χ3n) is 2.88. The van der Waals surface area contributed by atoms with Gasteiger partial charge < -0.3 is 0 Å². The third-order valence-corrected chi connectivity index (χ3v) is 4.00. The van der Waals surface area contributed by atoms with Gasteiger partial charge in [-0.15, -0.1) is 17.9 Å². The van der Waals surface area contributed by atoms with E-state index in [-0.39, 0.29) is 0 Å². The molecule has 0 aliphatic rings. The predicted molar refractivity (Wildman–Crippen MR) is 79.0 cm³/mol. The first-order chi connectivity index (χ1) is 8.86. The Bertz CT molecular complexity index is 683. The highest BCUT2D eigenvalue weighted by molar-refractivity contribution is 7.22. The molecule has 0 spiro atoms. The number of aromatic nitrogens is 1. The van der Waals surface area contributed by atoms with Crippen LogP contribution in [0, 0.1) is 0 Å². The lowest BCUT2D eigenvalue weighted by molar-refractivity contribution is 1.29. The van der Waals surface area contributed by atoms with Gasteiger partial charge in [0.25, 0.3) is 0 Å². The lowest BCUT2D eigenvalue weighted by Crippen LogP contribution is -1.77. The van der Waals surface area contributed by atoms with Gasteiger partial charge in [-0.3, -0.25) is 4.98 Å². The van der Waals surface area contributed by atoms with Crippen molar-refractivity contribution in [1.29, 1.82) is 0 Å². The zero-order chi connectivity index (χ0) is 12.4. The molecule has 0 bridgehead atoms. The molecule has 0 saturated carbocycles. The summed E-state index contributed by atoms with van der Waals surface area (Å²) in [4.78, 5) is 5.62. The van der Waals surface area contributed by atoms with Crippen LogP contribution in [0.3, 0.4) is 0 Å². The van der Waals surface area contributed by atoms with Crippen molar-refractivity contribution in [3.63, 3.8) is 0 Å². The van der Waals surface area contributed by atoms with Crippen LogP contribution in [-0.4, -0.2) is 4.98 Å². The largest absolute Gasteiger partial charge is 0.255 e. The van der Waals surface area contributed by atoms with Crippen LogP contribution < -0.4 is 0 Å². The summed E-state index contributed by atoms with van der Waals surface area (Å²) in [5, 5.41) is 1.29. The van der Waals surface area contributed by atoms with Crippen LogP contribution in [0.2, 0.25) is 0 Å². The molecule has 2 heterocycles. The van der Waals surface area contributed by atoms with Crippen LogP contribution in [-0.2, 0) is 6.42 Å². The van der Waals surface area contributed by atoms with Gasteiger partial charge in [-0.1, -0.05) is 24.3 Å². The molecule has 18 heavy (non-hydrogen) atoms. The van der Waals surface area contributed by atoms with E-state index in [1.54, 1.807) is 11.3 Å². The molecule has 0 fully saturated rings. The summed E-state index contributed by atoms with van der Waals surface area (Å²) >= 11 is 1.79. The second-order valence-corrected chi connectivity index (χ2v) is 5.27. The highest BCUT2D eigenvalue weighted by Gasteiger charge is 2.05. The molecule has 3 aromatic rings. The van der Waals surface area contributed by atoms with Gasteiger partial charge in [-0.05, 0) is 41.6 Å². The number of hydrogen-bond acceptors (Lipinski definition) is 2. The summed E-state index contributed by atoms with van der Waals surface area (Å²) in [6.07, 6.45) is 4.70. The zero-order valence-electron chi connectivity index (χ0n) is 9.97. The van der Waals surface area contributed by atoms with Crippen molar-refractivity contribution in [3.8, 4) is 10.6 Å². The molecule has 0 amide bonds. The van der Waals surface area contributed by atoms with E-state index >= 15 is 0 Å². The number of nitrogens with zero attached hydrogens (tertiary/aromatic N) is 1. The molecule has 0 unspecified atom stereocenters. The highest BCUT2D eigenvalue weighted by atomic mass is 32.1. The van der Waals surface area contributed by atoms with E-state index in [2.05, 4.69) is 41.9 Å². The number of thiophene rings is 1. The highest BCUT2D eigenvalue weighted by Crippen LogP contribution is 2.32. The number of pyridine rings is 1. The van der Waals surface area contributed by atoms with Crippen molar-refractivity contribution < 1.29 is 0 Å². The molecule has 3 rings (SSSR count). The first-order valence-electron chi connectivity index (χ1n) is 5.91. The van der Waals surface area contributed by atoms with Crippen LogP contribution in [0.15, 0.2) is 61.3 Å². The SMILES string of the molecule is C=CCc1ccc2cc(-c3ccccn3)sc2c1. The van der Waals surface area contributed by atoms with Gasteiger partial charge in [0.2, 0.25) is 0 Å². The fourth-order valence-electron chi connectivity index (χ4n) is 2.00. The number of hydrogen-bond donors (Lipinski definition) is 0. The van der Waals surface area contributed by atoms with Crippen molar-refractivity contribution in [1.82, 2.24) is 4.98 Å². The summed E-state index contributed by atoms with van der Waals surface area (Å²) < 4.78 is 1.31. The maximum absolute atomic E-state index is 4.40. The van der Waals surface area contributed by atoms with E-state index < -0.39 is 0 Å². The monoisotopic (exact) mass is 251 g/mol. The number of allylic oxidation sites excluding steroid dienone is 1. The maximum atomic E-state index is 4.40. The first kappa shape index (κ1) is 11.2. The molecule has 0 aliphatic carbocycles. The van der Waals surface area contributed by atoms with Crippen molar-refractivity contribution in [2.75, 3.05) is 0 Å². The van der Waals surface area contributed by atoms with Crippen LogP contribution in [0.5, 0.6) is 0 Å². The average Bonchev–Trinajstić information content (AvgIpc) is 2.83. The fraction of sp³-hybridized carbons (Fsp3) is 0.0625. The van der Waals surface area contributed by atoms with Gasteiger partial charge in [-0.25, -0.2) is 0 Å². The van der Waals surface area contributed by atoms with E-state index in [9.17, 15) is 0 Å². The Balaban J connectivity index is 2.08. The van der Waals surface area contributed by atoms with Crippen LogP contribution >= 0.6 is 11.3 Å². The molecule has 0 radical (unpaired) electrons. The molecule has 2 aromatic heterocycles. The molecule has 0 atom stereocenters. The molecule has 88 valence electrons. The average molecular weight is 251 g/mol.